The van der Waals surface area contributed by atoms with Gasteiger partial charge in [-0.25, -0.2) is 4.79 Å². The van der Waals surface area contributed by atoms with Crippen molar-refractivity contribution in [1.29, 1.82) is 0 Å². The fraction of sp³-hybridized carbons (Fsp3) is 0.200. The summed E-state index contributed by atoms with van der Waals surface area (Å²) < 4.78 is 5.12. The van der Waals surface area contributed by atoms with Crippen LogP contribution in [0.4, 0.5) is 5.69 Å². The Balaban J connectivity index is 1.88. The van der Waals surface area contributed by atoms with E-state index < -0.39 is 5.97 Å². The first kappa shape index (κ1) is 19.3. The van der Waals surface area contributed by atoms with Crippen LogP contribution >= 0.6 is 23.2 Å². The van der Waals surface area contributed by atoms with Gasteiger partial charge in [-0.2, -0.15) is 0 Å². The van der Waals surface area contributed by atoms with E-state index in [1.165, 1.54) is 0 Å². The zero-order chi connectivity index (χ0) is 19.4. The molecule has 1 aromatic heterocycles. The number of aromatic nitrogens is 1. The molecule has 0 fully saturated rings. The lowest BCUT2D eigenvalue weighted by atomic mass is 10.0. The van der Waals surface area contributed by atoms with Gasteiger partial charge in [-0.3, -0.25) is 4.79 Å². The second-order valence-electron chi connectivity index (χ2n) is 5.92. The number of carbonyl (C=O) groups excluding carboxylic acids is 2. The van der Waals surface area contributed by atoms with Crippen LogP contribution in [0.1, 0.15) is 29.4 Å². The van der Waals surface area contributed by atoms with E-state index in [0.717, 1.165) is 5.69 Å². The molecule has 7 heteroatoms. The molecule has 3 rings (SSSR count). The molecule has 0 unspecified atom stereocenters. The number of amides is 1. The van der Waals surface area contributed by atoms with Crippen LogP contribution in [0.25, 0.3) is 10.9 Å². The highest BCUT2D eigenvalue weighted by Crippen LogP contribution is 2.33. The molecule has 0 saturated carbocycles. The van der Waals surface area contributed by atoms with E-state index in [-0.39, 0.29) is 18.9 Å². The number of hydrogen-bond acceptors (Lipinski definition) is 3. The Labute approximate surface area is 166 Å². The van der Waals surface area contributed by atoms with Gasteiger partial charge in [0.2, 0.25) is 5.91 Å². The maximum absolute atomic E-state index is 12.3. The lowest BCUT2D eigenvalue weighted by molar-refractivity contribution is -0.116. The fourth-order valence-electron chi connectivity index (χ4n) is 2.93. The maximum atomic E-state index is 12.3. The Hall–Kier alpha value is -2.50. The summed E-state index contributed by atoms with van der Waals surface area (Å²) in [6.45, 7) is 1.98. The van der Waals surface area contributed by atoms with Crippen LogP contribution < -0.4 is 5.32 Å². The number of esters is 1. The average molecular weight is 405 g/mol. The van der Waals surface area contributed by atoms with Gasteiger partial charge in [0.05, 0.1) is 11.6 Å². The summed E-state index contributed by atoms with van der Waals surface area (Å²) in [6, 6.07) is 12.5. The number of halogens is 2. The van der Waals surface area contributed by atoms with Gasteiger partial charge in [-0.15, -0.1) is 0 Å². The van der Waals surface area contributed by atoms with E-state index in [1.807, 2.05) is 30.3 Å². The van der Waals surface area contributed by atoms with Crippen molar-refractivity contribution in [3.05, 3.63) is 63.8 Å². The van der Waals surface area contributed by atoms with Gasteiger partial charge in [-0.05, 0) is 43.2 Å². The summed E-state index contributed by atoms with van der Waals surface area (Å²) in [5.41, 5.74) is 2.29. The predicted molar refractivity (Wildman–Crippen MR) is 108 cm³/mol. The molecular formula is C20H18Cl2N2O3. The highest BCUT2D eigenvalue weighted by Gasteiger charge is 2.21. The lowest BCUT2D eigenvalue weighted by Gasteiger charge is -2.07. The summed E-state index contributed by atoms with van der Waals surface area (Å²) in [7, 11) is 0. The molecule has 1 heterocycles. The summed E-state index contributed by atoms with van der Waals surface area (Å²) in [5.74, 6) is -0.644. The van der Waals surface area contributed by atoms with Crippen molar-refractivity contribution in [2.75, 3.05) is 11.9 Å². The third-order valence-corrected chi connectivity index (χ3v) is 4.57. The van der Waals surface area contributed by atoms with Crippen molar-refractivity contribution in [1.82, 2.24) is 4.98 Å². The summed E-state index contributed by atoms with van der Waals surface area (Å²) >= 11 is 12.4. The van der Waals surface area contributed by atoms with Gasteiger partial charge in [0.25, 0.3) is 0 Å². The molecule has 0 bridgehead atoms. The monoisotopic (exact) mass is 404 g/mol. The Morgan fingerprint density at radius 2 is 1.89 bits per heavy atom. The zero-order valence-electron chi connectivity index (χ0n) is 14.6. The highest BCUT2D eigenvalue weighted by atomic mass is 35.5. The number of aromatic amines is 1. The molecule has 3 aromatic rings. The average Bonchev–Trinajstić information content (AvgIpc) is 3.00. The van der Waals surface area contributed by atoms with Crippen LogP contribution in [0.15, 0.2) is 42.5 Å². The van der Waals surface area contributed by atoms with E-state index in [4.69, 9.17) is 27.9 Å². The smallest absolute Gasteiger partial charge is 0.355 e. The second kappa shape index (κ2) is 8.46. The number of hydrogen-bond donors (Lipinski definition) is 2. The van der Waals surface area contributed by atoms with Gasteiger partial charge >= 0.3 is 5.97 Å². The number of fused-ring (bicyclic) bond motifs is 1. The van der Waals surface area contributed by atoms with E-state index in [0.29, 0.717) is 38.6 Å². The third-order valence-electron chi connectivity index (χ3n) is 4.06. The number of para-hydroxylation sites is 1. The van der Waals surface area contributed by atoms with Crippen LogP contribution in [-0.2, 0) is 16.0 Å². The van der Waals surface area contributed by atoms with Crippen LogP contribution in [0.2, 0.25) is 10.0 Å². The van der Waals surface area contributed by atoms with E-state index >= 15 is 0 Å². The molecule has 0 saturated heterocycles. The molecule has 1 amide bonds. The lowest BCUT2D eigenvalue weighted by Crippen LogP contribution is -2.14. The number of benzene rings is 2. The maximum Gasteiger partial charge on any atom is 0.355 e. The summed E-state index contributed by atoms with van der Waals surface area (Å²) in [6.07, 6.45) is 0.515. The zero-order valence-corrected chi connectivity index (χ0v) is 16.2. The first-order chi connectivity index (χ1) is 13.0. The Morgan fingerprint density at radius 1 is 1.15 bits per heavy atom. The number of rotatable bonds is 6. The fourth-order valence-corrected chi connectivity index (χ4v) is 3.53. The van der Waals surface area contributed by atoms with Crippen molar-refractivity contribution in [3.63, 3.8) is 0 Å². The molecule has 0 aliphatic rings. The molecule has 5 nitrogen and oxygen atoms in total. The molecule has 0 aliphatic heterocycles. The van der Waals surface area contributed by atoms with Gasteiger partial charge in [0, 0.05) is 28.0 Å². The van der Waals surface area contributed by atoms with Gasteiger partial charge in [0.1, 0.15) is 5.69 Å². The molecule has 0 spiro atoms. The number of H-pyrrole nitrogens is 1. The number of nitrogens with one attached hydrogen (secondary N) is 2. The molecule has 2 aromatic carbocycles. The number of aryl methyl sites for hydroxylation is 1. The molecule has 0 aliphatic carbocycles. The van der Waals surface area contributed by atoms with Gasteiger partial charge < -0.3 is 15.0 Å². The van der Waals surface area contributed by atoms with Crippen molar-refractivity contribution >= 4 is 51.7 Å². The number of carbonyl (C=O) groups is 2. The van der Waals surface area contributed by atoms with Crippen molar-refractivity contribution in [3.8, 4) is 0 Å². The van der Waals surface area contributed by atoms with Crippen molar-refractivity contribution < 1.29 is 14.3 Å². The molecule has 0 atom stereocenters. The minimum absolute atomic E-state index is 0.157. The van der Waals surface area contributed by atoms with E-state index in [9.17, 15) is 9.59 Å². The van der Waals surface area contributed by atoms with Crippen molar-refractivity contribution in [2.45, 2.75) is 19.8 Å². The second-order valence-corrected chi connectivity index (χ2v) is 6.77. The SMILES string of the molecule is CCOC(=O)c1[nH]c2cc(Cl)cc(Cl)c2c1CCC(=O)Nc1ccccc1. The molecule has 0 radical (unpaired) electrons. The molecular weight excluding hydrogens is 387 g/mol. The first-order valence-corrected chi connectivity index (χ1v) is 9.26. The standard InChI is InChI=1S/C20H18Cl2N2O3/c1-2-27-20(26)19-14(18-15(22)10-12(21)11-16(18)24-19)8-9-17(25)23-13-6-4-3-5-7-13/h3-7,10-11,24H,2,8-9H2,1H3,(H,23,25). The third kappa shape index (κ3) is 4.43. The largest absolute Gasteiger partial charge is 0.461 e. The topological polar surface area (TPSA) is 71.2 Å². The van der Waals surface area contributed by atoms with E-state index in [1.54, 1.807) is 19.1 Å². The minimum atomic E-state index is -0.487. The number of ether oxygens (including phenoxy) is 1. The number of anilines is 1. The van der Waals surface area contributed by atoms with Crippen LogP contribution in [0.3, 0.4) is 0 Å². The van der Waals surface area contributed by atoms with E-state index in [2.05, 4.69) is 10.3 Å². The first-order valence-electron chi connectivity index (χ1n) is 8.51. The molecule has 2 N–H and O–H groups in total. The Kier molecular flexibility index (Phi) is 6.04. The van der Waals surface area contributed by atoms with Crippen LogP contribution in [0, 0.1) is 0 Å². The van der Waals surface area contributed by atoms with Gasteiger partial charge in [-0.1, -0.05) is 41.4 Å². The predicted octanol–water partition coefficient (Wildman–Crippen LogP) is 5.22. The summed E-state index contributed by atoms with van der Waals surface area (Å²) in [5, 5.41) is 4.38. The molecule has 27 heavy (non-hydrogen) atoms. The van der Waals surface area contributed by atoms with Crippen LogP contribution in [-0.4, -0.2) is 23.5 Å². The Bertz CT molecular complexity index is 984. The van der Waals surface area contributed by atoms with Gasteiger partial charge in [0.15, 0.2) is 0 Å². The molecule has 140 valence electrons. The highest BCUT2D eigenvalue weighted by molar-refractivity contribution is 6.39. The van der Waals surface area contributed by atoms with Crippen molar-refractivity contribution in [2.24, 2.45) is 0 Å². The quantitative estimate of drug-likeness (QED) is 0.552. The summed E-state index contributed by atoms with van der Waals surface area (Å²) in [4.78, 5) is 27.7. The Morgan fingerprint density at radius 3 is 2.59 bits per heavy atom. The normalized spacial score (nSPS) is 10.8. The minimum Gasteiger partial charge on any atom is -0.461 e. The van der Waals surface area contributed by atoms with Crippen LogP contribution in [0.5, 0.6) is 0 Å².